The average molecular weight is 405 g/mol. The number of nitrogens with one attached hydrogen (secondary N) is 1. The van der Waals surface area contributed by atoms with Crippen LogP contribution in [0.15, 0.2) is 57.9 Å². The molecule has 24 heavy (non-hydrogen) atoms. The van der Waals surface area contributed by atoms with Crippen LogP contribution >= 0.6 is 27.7 Å². The largest absolute Gasteiger partial charge is 0.324 e. The SMILES string of the molecule is C[C@H]1CC(=O)Nc2ccccc2N1C(=O)CSc1ccc(Br)cc1. The van der Waals surface area contributed by atoms with E-state index in [1.165, 1.54) is 11.8 Å². The van der Waals surface area contributed by atoms with Crippen LogP contribution in [0.5, 0.6) is 0 Å². The monoisotopic (exact) mass is 404 g/mol. The van der Waals surface area contributed by atoms with Crippen molar-refractivity contribution in [2.75, 3.05) is 16.0 Å². The van der Waals surface area contributed by atoms with Gasteiger partial charge in [0.05, 0.1) is 17.1 Å². The first-order chi connectivity index (χ1) is 11.5. The molecule has 1 N–H and O–H groups in total. The Hall–Kier alpha value is -1.79. The number of benzene rings is 2. The van der Waals surface area contributed by atoms with Crippen LogP contribution in [0.25, 0.3) is 0 Å². The van der Waals surface area contributed by atoms with Gasteiger partial charge in [0, 0.05) is 21.8 Å². The van der Waals surface area contributed by atoms with Crippen LogP contribution in [0.2, 0.25) is 0 Å². The molecule has 124 valence electrons. The Kier molecular flexibility index (Phi) is 5.26. The van der Waals surface area contributed by atoms with Gasteiger partial charge in [-0.3, -0.25) is 9.59 Å². The number of fused-ring (bicyclic) bond motifs is 1. The topological polar surface area (TPSA) is 49.4 Å². The molecule has 2 amide bonds. The molecule has 6 heteroatoms. The highest BCUT2D eigenvalue weighted by Crippen LogP contribution is 2.32. The van der Waals surface area contributed by atoms with Crippen LogP contribution in [0, 0.1) is 0 Å². The second-order valence-electron chi connectivity index (χ2n) is 5.62. The summed E-state index contributed by atoms with van der Waals surface area (Å²) in [6, 6.07) is 15.1. The van der Waals surface area contributed by atoms with Crippen LogP contribution in [0.1, 0.15) is 13.3 Å². The van der Waals surface area contributed by atoms with Gasteiger partial charge in [-0.1, -0.05) is 28.1 Å². The number of halogens is 1. The molecule has 0 aliphatic carbocycles. The van der Waals surface area contributed by atoms with Crippen molar-refractivity contribution in [2.24, 2.45) is 0 Å². The molecule has 2 aromatic carbocycles. The highest BCUT2D eigenvalue weighted by Gasteiger charge is 2.29. The van der Waals surface area contributed by atoms with Crippen molar-refractivity contribution < 1.29 is 9.59 Å². The second-order valence-corrected chi connectivity index (χ2v) is 7.59. The van der Waals surface area contributed by atoms with Crippen molar-refractivity contribution in [3.8, 4) is 0 Å². The zero-order valence-corrected chi connectivity index (χ0v) is 15.6. The summed E-state index contributed by atoms with van der Waals surface area (Å²) in [4.78, 5) is 27.6. The molecule has 0 saturated heterocycles. The number of carbonyl (C=O) groups is 2. The molecule has 3 rings (SSSR count). The lowest BCUT2D eigenvalue weighted by molar-refractivity contribution is -0.117. The molecule has 0 fully saturated rings. The molecule has 1 atom stereocenters. The van der Waals surface area contributed by atoms with E-state index in [1.54, 1.807) is 4.90 Å². The third-order valence-electron chi connectivity index (χ3n) is 3.80. The van der Waals surface area contributed by atoms with Crippen molar-refractivity contribution in [3.05, 3.63) is 53.0 Å². The first-order valence-electron chi connectivity index (χ1n) is 7.64. The Morgan fingerprint density at radius 1 is 1.25 bits per heavy atom. The Morgan fingerprint density at radius 2 is 1.96 bits per heavy atom. The van der Waals surface area contributed by atoms with Gasteiger partial charge in [0.1, 0.15) is 0 Å². The molecule has 1 heterocycles. The number of hydrogen-bond acceptors (Lipinski definition) is 3. The molecule has 0 aromatic heterocycles. The zero-order valence-electron chi connectivity index (χ0n) is 13.2. The lowest BCUT2D eigenvalue weighted by atomic mass is 10.2. The first-order valence-corrected chi connectivity index (χ1v) is 9.42. The van der Waals surface area contributed by atoms with E-state index in [9.17, 15) is 9.59 Å². The zero-order chi connectivity index (χ0) is 17.1. The molecular weight excluding hydrogens is 388 g/mol. The maximum absolute atomic E-state index is 12.8. The highest BCUT2D eigenvalue weighted by atomic mass is 79.9. The van der Waals surface area contributed by atoms with E-state index in [-0.39, 0.29) is 17.9 Å². The van der Waals surface area contributed by atoms with Gasteiger partial charge < -0.3 is 10.2 Å². The normalized spacial score (nSPS) is 17.0. The number of rotatable bonds is 3. The summed E-state index contributed by atoms with van der Waals surface area (Å²) in [5.74, 6) is 0.263. The van der Waals surface area contributed by atoms with E-state index in [0.29, 0.717) is 17.9 Å². The Bertz CT molecular complexity index is 764. The second kappa shape index (κ2) is 7.40. The lowest BCUT2D eigenvalue weighted by Crippen LogP contribution is -2.40. The van der Waals surface area contributed by atoms with Crippen LogP contribution in [0.3, 0.4) is 0 Å². The number of amides is 2. The number of nitrogens with zero attached hydrogens (tertiary/aromatic N) is 1. The molecule has 2 aromatic rings. The van der Waals surface area contributed by atoms with E-state index < -0.39 is 0 Å². The maximum Gasteiger partial charge on any atom is 0.237 e. The number of carbonyl (C=O) groups excluding carboxylic acids is 2. The predicted molar refractivity (Wildman–Crippen MR) is 102 cm³/mol. The van der Waals surface area contributed by atoms with Crippen LogP contribution in [0.4, 0.5) is 11.4 Å². The van der Waals surface area contributed by atoms with Gasteiger partial charge in [0.15, 0.2) is 0 Å². The average Bonchev–Trinajstić information content (AvgIpc) is 2.68. The van der Waals surface area contributed by atoms with Crippen molar-refractivity contribution >= 4 is 50.9 Å². The summed E-state index contributed by atoms with van der Waals surface area (Å²) in [6.45, 7) is 1.91. The quantitative estimate of drug-likeness (QED) is 0.775. The molecule has 0 spiro atoms. The fraction of sp³-hybridized carbons (Fsp3) is 0.222. The van der Waals surface area contributed by atoms with Gasteiger partial charge in [-0.2, -0.15) is 0 Å². The molecule has 0 saturated carbocycles. The van der Waals surface area contributed by atoms with E-state index in [2.05, 4.69) is 21.2 Å². The maximum atomic E-state index is 12.8. The number of para-hydroxylation sites is 2. The summed E-state index contributed by atoms with van der Waals surface area (Å²) >= 11 is 4.90. The van der Waals surface area contributed by atoms with Gasteiger partial charge in [0.25, 0.3) is 0 Å². The minimum atomic E-state index is -0.174. The molecule has 1 aliphatic rings. The fourth-order valence-electron chi connectivity index (χ4n) is 2.71. The Balaban J connectivity index is 1.79. The number of thioether (sulfide) groups is 1. The Labute approximate surface area is 153 Å². The van der Waals surface area contributed by atoms with Crippen LogP contribution in [-0.2, 0) is 9.59 Å². The summed E-state index contributed by atoms with van der Waals surface area (Å²) in [7, 11) is 0. The summed E-state index contributed by atoms with van der Waals surface area (Å²) in [5.41, 5.74) is 1.45. The van der Waals surface area contributed by atoms with Crippen molar-refractivity contribution in [3.63, 3.8) is 0 Å². The van der Waals surface area contributed by atoms with E-state index in [4.69, 9.17) is 0 Å². The highest BCUT2D eigenvalue weighted by molar-refractivity contribution is 9.10. The van der Waals surface area contributed by atoms with Gasteiger partial charge in [-0.15, -0.1) is 11.8 Å². The van der Waals surface area contributed by atoms with Gasteiger partial charge in [0.2, 0.25) is 11.8 Å². The molecule has 0 bridgehead atoms. The van der Waals surface area contributed by atoms with Gasteiger partial charge in [-0.25, -0.2) is 0 Å². The predicted octanol–water partition coefficient (Wildman–Crippen LogP) is 4.31. The van der Waals surface area contributed by atoms with Gasteiger partial charge in [-0.05, 0) is 43.3 Å². The van der Waals surface area contributed by atoms with E-state index >= 15 is 0 Å². The molecule has 1 aliphatic heterocycles. The smallest absolute Gasteiger partial charge is 0.237 e. The third-order valence-corrected chi connectivity index (χ3v) is 5.33. The number of anilines is 2. The molecule has 0 unspecified atom stereocenters. The summed E-state index contributed by atoms with van der Waals surface area (Å²) in [5, 5.41) is 2.87. The van der Waals surface area contributed by atoms with Crippen LogP contribution in [-0.4, -0.2) is 23.6 Å². The standard InChI is InChI=1S/C18H17BrN2O2S/c1-12-10-17(22)20-15-4-2-3-5-16(15)21(12)18(23)11-24-14-8-6-13(19)7-9-14/h2-9,12H,10-11H2,1H3,(H,20,22)/t12-/m0/s1. The Morgan fingerprint density at radius 3 is 2.71 bits per heavy atom. The van der Waals surface area contributed by atoms with Crippen molar-refractivity contribution in [1.82, 2.24) is 0 Å². The summed E-state index contributed by atoms with van der Waals surface area (Å²) in [6.07, 6.45) is 0.295. The number of hydrogen-bond donors (Lipinski definition) is 1. The van der Waals surface area contributed by atoms with Crippen molar-refractivity contribution in [2.45, 2.75) is 24.3 Å². The summed E-state index contributed by atoms with van der Waals surface area (Å²) < 4.78 is 1.01. The fourth-order valence-corrected chi connectivity index (χ4v) is 3.74. The minimum Gasteiger partial charge on any atom is -0.324 e. The van der Waals surface area contributed by atoms with E-state index in [1.807, 2.05) is 55.5 Å². The van der Waals surface area contributed by atoms with Gasteiger partial charge >= 0.3 is 0 Å². The lowest BCUT2D eigenvalue weighted by Gasteiger charge is -2.27. The minimum absolute atomic E-state index is 0.000584. The molecule has 0 radical (unpaired) electrons. The molecule has 4 nitrogen and oxygen atoms in total. The molecular formula is C18H17BrN2O2S. The van der Waals surface area contributed by atoms with Crippen LogP contribution < -0.4 is 10.2 Å². The van der Waals surface area contributed by atoms with E-state index in [0.717, 1.165) is 15.1 Å². The van der Waals surface area contributed by atoms with Crippen molar-refractivity contribution in [1.29, 1.82) is 0 Å². The third kappa shape index (κ3) is 3.82. The first kappa shape index (κ1) is 17.0.